The molecule has 1 saturated carbocycles. The van der Waals surface area contributed by atoms with E-state index in [-0.39, 0.29) is 30.5 Å². The van der Waals surface area contributed by atoms with Crippen LogP contribution in [0.25, 0.3) is 0 Å². The van der Waals surface area contributed by atoms with Crippen molar-refractivity contribution in [2.75, 3.05) is 13.1 Å². The van der Waals surface area contributed by atoms with Crippen LogP contribution in [0.2, 0.25) is 0 Å². The van der Waals surface area contributed by atoms with E-state index in [2.05, 4.69) is 15.4 Å². The van der Waals surface area contributed by atoms with Gasteiger partial charge in [-0.25, -0.2) is 0 Å². The minimum atomic E-state index is -4.92. The smallest absolute Gasteiger partial charge is 0.405 e. The Hall–Kier alpha value is -2.76. The fourth-order valence-corrected chi connectivity index (χ4v) is 3.43. The maximum absolute atomic E-state index is 12.5. The lowest BCUT2D eigenvalue weighted by Crippen LogP contribution is -2.43. The van der Waals surface area contributed by atoms with Crippen molar-refractivity contribution in [2.24, 2.45) is 11.8 Å². The number of carbonyl (C=O) groups is 2. The normalized spacial score (nSPS) is 15.9. The van der Waals surface area contributed by atoms with Gasteiger partial charge in [-0.2, -0.15) is 5.26 Å². The van der Waals surface area contributed by atoms with Gasteiger partial charge in [0.1, 0.15) is 12.3 Å². The summed E-state index contributed by atoms with van der Waals surface area (Å²) in [6.07, 6.45) is -0.232. The highest BCUT2D eigenvalue weighted by molar-refractivity contribution is 5.97. The van der Waals surface area contributed by atoms with Crippen molar-refractivity contribution in [1.29, 1.82) is 5.26 Å². The molecular weight excluding hydrogens is 375 g/mol. The zero-order valence-corrected chi connectivity index (χ0v) is 15.2. The van der Waals surface area contributed by atoms with Gasteiger partial charge in [-0.3, -0.25) is 9.59 Å². The van der Waals surface area contributed by atoms with Crippen LogP contribution in [-0.2, 0) is 4.79 Å². The highest BCUT2D eigenvalue weighted by Crippen LogP contribution is 2.30. The molecule has 0 aromatic heterocycles. The van der Waals surface area contributed by atoms with E-state index in [1.54, 1.807) is 0 Å². The Labute approximate surface area is 161 Å². The van der Waals surface area contributed by atoms with Crippen LogP contribution in [0.5, 0.6) is 5.75 Å². The minimum Gasteiger partial charge on any atom is -0.405 e. The zero-order valence-electron chi connectivity index (χ0n) is 15.2. The lowest BCUT2D eigenvalue weighted by molar-refractivity contribution is -0.274. The first-order valence-corrected chi connectivity index (χ1v) is 9.09. The van der Waals surface area contributed by atoms with Gasteiger partial charge >= 0.3 is 6.36 Å². The fourth-order valence-electron chi connectivity index (χ4n) is 3.43. The first kappa shape index (κ1) is 21.5. The molecule has 28 heavy (non-hydrogen) atoms. The van der Waals surface area contributed by atoms with Crippen LogP contribution in [0.1, 0.15) is 42.5 Å². The summed E-state index contributed by atoms with van der Waals surface area (Å²) >= 11 is 0. The molecule has 0 radical (unpaired) electrons. The lowest BCUT2D eigenvalue weighted by atomic mass is 9.79. The Kier molecular flexibility index (Phi) is 7.67. The number of halogens is 3. The van der Waals surface area contributed by atoms with Crippen LogP contribution in [0.15, 0.2) is 24.3 Å². The molecule has 1 aromatic carbocycles. The monoisotopic (exact) mass is 397 g/mol. The van der Waals surface area contributed by atoms with Gasteiger partial charge in [0.15, 0.2) is 0 Å². The second-order valence-electron chi connectivity index (χ2n) is 6.63. The van der Waals surface area contributed by atoms with Crippen molar-refractivity contribution in [2.45, 2.75) is 38.5 Å². The summed E-state index contributed by atoms with van der Waals surface area (Å²) in [6.45, 7) is -0.167. The number of nitriles is 1. The van der Waals surface area contributed by atoms with Crippen molar-refractivity contribution in [3.8, 4) is 11.8 Å². The maximum atomic E-state index is 12.5. The van der Waals surface area contributed by atoms with Crippen molar-refractivity contribution < 1.29 is 27.5 Å². The average Bonchev–Trinajstić information content (AvgIpc) is 2.66. The summed E-state index contributed by atoms with van der Waals surface area (Å²) < 4.78 is 41.5. The molecule has 2 amide bonds. The van der Waals surface area contributed by atoms with E-state index in [9.17, 15) is 22.8 Å². The molecule has 2 rings (SSSR count). The third kappa shape index (κ3) is 6.44. The number of para-hydroxylation sites is 1. The molecule has 1 aliphatic carbocycles. The van der Waals surface area contributed by atoms with E-state index >= 15 is 0 Å². The molecule has 2 N–H and O–H groups in total. The first-order valence-electron chi connectivity index (χ1n) is 9.09. The molecule has 0 aliphatic heterocycles. The van der Waals surface area contributed by atoms with Crippen molar-refractivity contribution in [1.82, 2.24) is 10.6 Å². The number of carbonyl (C=O) groups excluding carboxylic acids is 2. The number of nitrogens with one attached hydrogen (secondary N) is 2. The number of amides is 2. The van der Waals surface area contributed by atoms with Crippen LogP contribution in [-0.4, -0.2) is 31.3 Å². The zero-order chi connectivity index (χ0) is 20.6. The van der Waals surface area contributed by atoms with Crippen LogP contribution >= 0.6 is 0 Å². The number of hydrogen-bond donors (Lipinski definition) is 2. The van der Waals surface area contributed by atoms with E-state index in [1.165, 1.54) is 18.2 Å². The predicted molar refractivity (Wildman–Crippen MR) is 94.1 cm³/mol. The number of nitrogens with zero attached hydrogens (tertiary/aromatic N) is 1. The topological polar surface area (TPSA) is 91.2 Å². The lowest BCUT2D eigenvalue weighted by Gasteiger charge is -2.29. The third-order valence-electron chi connectivity index (χ3n) is 4.74. The molecule has 0 saturated heterocycles. The van der Waals surface area contributed by atoms with Crippen LogP contribution in [0, 0.1) is 23.2 Å². The summed E-state index contributed by atoms with van der Waals surface area (Å²) in [6, 6.07) is 6.87. The molecule has 1 unspecified atom stereocenters. The molecule has 9 heteroatoms. The molecule has 1 aliphatic rings. The van der Waals surface area contributed by atoms with E-state index in [4.69, 9.17) is 5.26 Å². The predicted octanol–water partition coefficient (Wildman–Crippen LogP) is 3.15. The van der Waals surface area contributed by atoms with Crippen molar-refractivity contribution in [3.05, 3.63) is 29.8 Å². The molecule has 1 atom stereocenters. The standard InChI is InChI=1S/C19H22F3N3O3/c20-19(21,22)28-16-9-5-4-8-14(16)17(26)25-12-15(18(27)24-11-10-23)13-6-2-1-3-7-13/h4-5,8-9,13,15H,1-3,6-7,11-12H2,(H,24,27)(H,25,26). The molecule has 0 spiro atoms. The fraction of sp³-hybridized carbons (Fsp3) is 0.526. The number of rotatable bonds is 7. The third-order valence-corrected chi connectivity index (χ3v) is 4.74. The number of ether oxygens (including phenoxy) is 1. The van der Waals surface area contributed by atoms with E-state index in [0.717, 1.165) is 38.2 Å². The molecule has 1 fully saturated rings. The minimum absolute atomic E-state index is 0.0267. The number of benzene rings is 1. The van der Waals surface area contributed by atoms with Gasteiger partial charge in [0.05, 0.1) is 17.6 Å². The SMILES string of the molecule is N#CCNC(=O)C(CNC(=O)c1ccccc1OC(F)(F)F)C1CCCCC1. The van der Waals surface area contributed by atoms with Crippen LogP contribution in [0.4, 0.5) is 13.2 Å². The summed E-state index contributed by atoms with van der Waals surface area (Å²) in [7, 11) is 0. The van der Waals surface area contributed by atoms with Gasteiger partial charge in [-0.1, -0.05) is 31.4 Å². The molecule has 152 valence electrons. The Morgan fingerprint density at radius 2 is 1.86 bits per heavy atom. The highest BCUT2D eigenvalue weighted by Gasteiger charge is 2.33. The maximum Gasteiger partial charge on any atom is 0.573 e. The first-order chi connectivity index (χ1) is 13.3. The van der Waals surface area contributed by atoms with Crippen molar-refractivity contribution in [3.63, 3.8) is 0 Å². The second kappa shape index (κ2) is 9.97. The molecule has 0 bridgehead atoms. The Bertz CT molecular complexity index is 725. The van der Waals surface area contributed by atoms with Gasteiger partial charge in [0.2, 0.25) is 5.91 Å². The van der Waals surface area contributed by atoms with Crippen LogP contribution in [0.3, 0.4) is 0 Å². The van der Waals surface area contributed by atoms with Crippen molar-refractivity contribution >= 4 is 11.8 Å². The summed E-state index contributed by atoms with van der Waals surface area (Å²) in [5.41, 5.74) is -0.264. The second-order valence-corrected chi connectivity index (χ2v) is 6.63. The van der Waals surface area contributed by atoms with Gasteiger partial charge in [-0.05, 0) is 30.9 Å². The highest BCUT2D eigenvalue weighted by atomic mass is 19.4. The van der Waals surface area contributed by atoms with Crippen LogP contribution < -0.4 is 15.4 Å². The largest absolute Gasteiger partial charge is 0.573 e. The number of alkyl halides is 3. The number of hydrogen-bond acceptors (Lipinski definition) is 4. The quantitative estimate of drug-likeness (QED) is 0.692. The van der Waals surface area contributed by atoms with Gasteiger partial charge in [-0.15, -0.1) is 13.2 Å². The Morgan fingerprint density at radius 1 is 1.18 bits per heavy atom. The van der Waals surface area contributed by atoms with Gasteiger partial charge in [0.25, 0.3) is 5.91 Å². The molecule has 6 nitrogen and oxygen atoms in total. The van der Waals surface area contributed by atoms with E-state index < -0.39 is 23.9 Å². The van der Waals surface area contributed by atoms with Gasteiger partial charge < -0.3 is 15.4 Å². The molecule has 0 heterocycles. The Morgan fingerprint density at radius 3 is 2.50 bits per heavy atom. The average molecular weight is 397 g/mol. The molecule has 1 aromatic rings. The van der Waals surface area contributed by atoms with E-state index in [0.29, 0.717) is 0 Å². The summed E-state index contributed by atoms with van der Waals surface area (Å²) in [4.78, 5) is 24.9. The summed E-state index contributed by atoms with van der Waals surface area (Å²) in [5.74, 6) is -2.19. The molecular formula is C19H22F3N3O3. The summed E-state index contributed by atoms with van der Waals surface area (Å²) in [5, 5.41) is 13.7. The van der Waals surface area contributed by atoms with Gasteiger partial charge in [0, 0.05) is 6.54 Å². The van der Waals surface area contributed by atoms with E-state index in [1.807, 2.05) is 6.07 Å². The Balaban J connectivity index is 2.08.